The lowest BCUT2D eigenvalue weighted by Crippen LogP contribution is -2.40. The number of nitrogens with zero attached hydrogens (tertiary/aromatic N) is 5. The summed E-state index contributed by atoms with van der Waals surface area (Å²) in [4.78, 5) is 26.0. The second-order valence-corrected chi connectivity index (χ2v) is 11.5. The zero-order valence-electron chi connectivity index (χ0n) is 21.8. The zero-order chi connectivity index (χ0) is 26.9. The van der Waals surface area contributed by atoms with Crippen LogP contribution in [0.2, 0.25) is 0 Å². The van der Waals surface area contributed by atoms with Crippen LogP contribution < -0.4 is 15.0 Å². The summed E-state index contributed by atoms with van der Waals surface area (Å²) in [5.74, 6) is 1.18. The number of morpholine rings is 1. The highest BCUT2D eigenvalue weighted by atomic mass is 32.2. The number of nitrogens with one attached hydrogen (secondary N) is 1. The van der Waals surface area contributed by atoms with Crippen LogP contribution in [0.5, 0.6) is 5.75 Å². The van der Waals surface area contributed by atoms with Crippen molar-refractivity contribution in [2.24, 2.45) is 0 Å². The molecule has 0 bridgehead atoms. The predicted octanol–water partition coefficient (Wildman–Crippen LogP) is 3.24. The first kappa shape index (κ1) is 26.1. The van der Waals surface area contributed by atoms with Crippen molar-refractivity contribution >= 4 is 34.2 Å². The maximum atomic E-state index is 13.5. The Labute approximate surface area is 223 Å². The molecule has 3 aromatic rings. The molecular formula is C26H32N6O5S. The lowest BCUT2D eigenvalue weighted by atomic mass is 9.81. The molecule has 0 radical (unpaired) electrons. The van der Waals surface area contributed by atoms with E-state index < -0.39 is 16.8 Å². The first-order chi connectivity index (χ1) is 18.3. The quantitative estimate of drug-likeness (QED) is 0.497. The van der Waals surface area contributed by atoms with E-state index in [0.717, 1.165) is 79.2 Å². The highest BCUT2D eigenvalue weighted by Crippen LogP contribution is 2.50. The number of carboxylic acid groups (broad SMARTS) is 1. The molecule has 6 rings (SSSR count). The Morgan fingerprint density at radius 1 is 1.24 bits per heavy atom. The maximum Gasteiger partial charge on any atom is 0.300 e. The molecule has 2 N–H and O–H groups in total. The van der Waals surface area contributed by atoms with Gasteiger partial charge in [0.1, 0.15) is 10.6 Å². The molecule has 0 amide bonds. The van der Waals surface area contributed by atoms with Gasteiger partial charge >= 0.3 is 0 Å². The van der Waals surface area contributed by atoms with E-state index in [4.69, 9.17) is 29.3 Å². The minimum atomic E-state index is -1.07. The van der Waals surface area contributed by atoms with Crippen molar-refractivity contribution in [3.05, 3.63) is 42.1 Å². The molecule has 12 heteroatoms. The molecule has 1 spiro atoms. The Morgan fingerprint density at radius 3 is 2.58 bits per heavy atom. The van der Waals surface area contributed by atoms with Crippen LogP contribution in [0.15, 0.2) is 35.6 Å². The molecule has 202 valence electrons. The van der Waals surface area contributed by atoms with Crippen molar-refractivity contribution in [3.63, 3.8) is 0 Å². The molecule has 1 aromatic carbocycles. The van der Waals surface area contributed by atoms with Crippen LogP contribution in [0.1, 0.15) is 37.6 Å². The largest absolute Gasteiger partial charge is 0.494 e. The first-order valence-corrected chi connectivity index (χ1v) is 13.8. The summed E-state index contributed by atoms with van der Waals surface area (Å²) in [5.41, 5.74) is 3.57. The number of hydrogen-bond acceptors (Lipinski definition) is 9. The van der Waals surface area contributed by atoms with E-state index in [9.17, 15) is 4.21 Å². The van der Waals surface area contributed by atoms with Gasteiger partial charge in [0.25, 0.3) is 5.97 Å². The van der Waals surface area contributed by atoms with Crippen molar-refractivity contribution in [1.29, 1.82) is 0 Å². The number of hydrogen-bond donors (Lipinski definition) is 2. The highest BCUT2D eigenvalue weighted by Gasteiger charge is 2.51. The van der Waals surface area contributed by atoms with E-state index >= 15 is 0 Å². The molecule has 1 unspecified atom stereocenters. The summed E-state index contributed by atoms with van der Waals surface area (Å²) in [7, 11) is 0.581. The van der Waals surface area contributed by atoms with Crippen molar-refractivity contribution in [2.45, 2.75) is 49.2 Å². The fourth-order valence-corrected chi connectivity index (χ4v) is 7.04. The maximum absolute atomic E-state index is 13.5. The van der Waals surface area contributed by atoms with E-state index in [1.54, 1.807) is 13.4 Å². The van der Waals surface area contributed by atoms with E-state index in [2.05, 4.69) is 15.2 Å². The minimum absolute atomic E-state index is 0.148. The van der Waals surface area contributed by atoms with E-state index in [1.807, 2.05) is 35.9 Å². The molecule has 2 aliphatic heterocycles. The van der Waals surface area contributed by atoms with Gasteiger partial charge in [-0.05, 0) is 31.9 Å². The Balaban J connectivity index is 0.000000689. The van der Waals surface area contributed by atoms with Crippen LogP contribution in [0, 0.1) is 6.92 Å². The van der Waals surface area contributed by atoms with Gasteiger partial charge in [0.15, 0.2) is 5.82 Å². The molecule has 2 aromatic heterocycles. The van der Waals surface area contributed by atoms with Gasteiger partial charge in [-0.25, -0.2) is 9.97 Å². The lowest BCUT2D eigenvalue weighted by Gasteiger charge is -2.36. The third kappa shape index (κ3) is 5.10. The third-order valence-corrected chi connectivity index (χ3v) is 9.12. The molecule has 1 saturated carbocycles. The van der Waals surface area contributed by atoms with Gasteiger partial charge in [-0.15, -0.1) is 0 Å². The number of carboxylic acids is 1. The van der Waals surface area contributed by atoms with Crippen molar-refractivity contribution < 1.29 is 23.6 Å². The fourth-order valence-electron chi connectivity index (χ4n) is 5.01. The Hall–Kier alpha value is -3.51. The third-order valence-electron chi connectivity index (χ3n) is 6.99. The number of fused-ring (bicyclic) bond motifs is 1. The number of aryl methyl sites for hydroxylation is 1. The van der Waals surface area contributed by atoms with Gasteiger partial charge in [0.05, 0.1) is 59.3 Å². The lowest BCUT2D eigenvalue weighted by molar-refractivity contribution is -0.134. The fraction of sp³-hybridized carbons (Fsp3) is 0.462. The number of benzene rings is 1. The summed E-state index contributed by atoms with van der Waals surface area (Å²) in [5, 5.41) is 10.8. The second-order valence-electron chi connectivity index (χ2n) is 9.68. The number of ether oxygens (including phenoxy) is 2. The molecule has 3 aliphatic rings. The molecule has 4 heterocycles. The molecule has 2 fully saturated rings. The van der Waals surface area contributed by atoms with Crippen molar-refractivity contribution in [2.75, 3.05) is 43.6 Å². The van der Waals surface area contributed by atoms with Crippen LogP contribution in [0.25, 0.3) is 5.69 Å². The number of imidazole rings is 1. The van der Waals surface area contributed by atoms with Crippen molar-refractivity contribution in [1.82, 2.24) is 19.5 Å². The number of aromatic nitrogens is 4. The summed E-state index contributed by atoms with van der Waals surface area (Å²) in [6, 6.07) is 5.89. The van der Waals surface area contributed by atoms with E-state index in [0.29, 0.717) is 24.9 Å². The zero-order valence-corrected chi connectivity index (χ0v) is 22.6. The van der Waals surface area contributed by atoms with Gasteiger partial charge in [-0.3, -0.25) is 9.00 Å². The molecule has 38 heavy (non-hydrogen) atoms. The molecular weight excluding hydrogens is 508 g/mol. The molecule has 1 aliphatic carbocycles. The Kier molecular flexibility index (Phi) is 7.35. The number of carbonyl (C=O) groups is 1. The molecule has 1 atom stereocenters. The number of methoxy groups -OCH3 is 1. The smallest absolute Gasteiger partial charge is 0.300 e. The monoisotopic (exact) mass is 540 g/mol. The normalized spacial score (nSPS) is 19.2. The van der Waals surface area contributed by atoms with Gasteiger partial charge in [0, 0.05) is 44.4 Å². The number of rotatable bonds is 5. The van der Waals surface area contributed by atoms with Crippen LogP contribution >= 0.6 is 0 Å². The highest BCUT2D eigenvalue weighted by molar-refractivity contribution is 7.87. The van der Waals surface area contributed by atoms with Crippen LogP contribution in [0.4, 0.5) is 17.5 Å². The van der Waals surface area contributed by atoms with Gasteiger partial charge in [-0.2, -0.15) is 4.98 Å². The SMILES string of the molecule is CC(=O)O.COc1cc(Nc2nc3c(c(N4CCOCC4)n2)S(=O)C2(CCC2)C3)ccc1-n1cnc(C)c1. The summed E-state index contributed by atoms with van der Waals surface area (Å²) < 4.78 is 26.5. The Bertz CT molecular complexity index is 1360. The average molecular weight is 541 g/mol. The molecule has 11 nitrogen and oxygen atoms in total. The topological polar surface area (TPSA) is 132 Å². The summed E-state index contributed by atoms with van der Waals surface area (Å²) >= 11 is 0. The summed E-state index contributed by atoms with van der Waals surface area (Å²) in [6.45, 7) is 5.80. The van der Waals surface area contributed by atoms with Gasteiger partial charge in [-0.1, -0.05) is 6.42 Å². The predicted molar refractivity (Wildman–Crippen MR) is 143 cm³/mol. The minimum Gasteiger partial charge on any atom is -0.494 e. The number of anilines is 3. The van der Waals surface area contributed by atoms with Gasteiger partial charge in [0.2, 0.25) is 5.95 Å². The van der Waals surface area contributed by atoms with Crippen LogP contribution in [0.3, 0.4) is 0 Å². The average Bonchev–Trinajstić information content (AvgIpc) is 3.44. The standard InChI is InChI=1S/C24H28N6O3S.C2H4O2/c1-16-14-30(15-25-16)19-5-4-17(12-20(19)32-2)26-23-27-18-13-24(6-3-7-24)34(31)21(18)22(28-23)29-8-10-33-11-9-29;1-2(3)4/h4-5,12,14-15H,3,6-11,13H2,1-2H3,(H,26,27,28);1H3,(H,3,4). The van der Waals surface area contributed by atoms with Crippen molar-refractivity contribution in [3.8, 4) is 11.4 Å². The second kappa shape index (κ2) is 10.7. The van der Waals surface area contributed by atoms with Crippen LogP contribution in [-0.4, -0.2) is 73.0 Å². The van der Waals surface area contributed by atoms with Gasteiger partial charge < -0.3 is 29.4 Å². The van der Waals surface area contributed by atoms with E-state index in [-0.39, 0.29) is 4.75 Å². The number of aliphatic carboxylic acids is 1. The van der Waals surface area contributed by atoms with Crippen LogP contribution in [-0.2, 0) is 26.8 Å². The Morgan fingerprint density at radius 2 is 1.97 bits per heavy atom. The first-order valence-electron chi connectivity index (χ1n) is 12.6. The van der Waals surface area contributed by atoms with E-state index in [1.165, 1.54) is 0 Å². The summed E-state index contributed by atoms with van der Waals surface area (Å²) in [6.07, 6.45) is 7.61. The molecule has 1 saturated heterocycles.